The first-order valence-corrected chi connectivity index (χ1v) is 5.30. The van der Waals surface area contributed by atoms with Gasteiger partial charge in [0, 0.05) is 6.04 Å². The molecule has 3 unspecified atom stereocenters. The van der Waals surface area contributed by atoms with Crippen molar-refractivity contribution in [2.24, 2.45) is 11.8 Å². The topological polar surface area (TPSA) is 29.1 Å². The minimum atomic E-state index is -0.234. The number of rotatable bonds is 3. The van der Waals surface area contributed by atoms with Gasteiger partial charge in [0.2, 0.25) is 5.12 Å². The summed E-state index contributed by atoms with van der Waals surface area (Å²) in [5.74, 6) is 1.67. The monoisotopic (exact) mass is 197 g/mol. The predicted octanol–water partition coefficient (Wildman–Crippen LogP) is 1.73. The third kappa shape index (κ3) is 1.75. The molecular formula is C10H15NOS. The van der Waals surface area contributed by atoms with E-state index in [1.165, 1.54) is 25.7 Å². The van der Waals surface area contributed by atoms with Crippen LogP contribution in [-0.4, -0.2) is 11.2 Å². The maximum Gasteiger partial charge on any atom is 0.231 e. The normalized spacial score (nSPS) is 36.2. The SMILES string of the molecule is C=C(NC1CC2CCC1C2)C(=O)S. The highest BCUT2D eigenvalue weighted by Gasteiger charge is 2.39. The van der Waals surface area contributed by atoms with E-state index in [-0.39, 0.29) is 5.12 Å². The van der Waals surface area contributed by atoms with Crippen molar-refractivity contribution < 1.29 is 4.79 Å². The highest BCUT2D eigenvalue weighted by molar-refractivity contribution is 7.97. The van der Waals surface area contributed by atoms with Crippen LogP contribution in [0.3, 0.4) is 0 Å². The highest BCUT2D eigenvalue weighted by atomic mass is 32.1. The molecular weight excluding hydrogens is 182 g/mol. The summed E-state index contributed by atoms with van der Waals surface area (Å²) in [7, 11) is 0. The number of hydrogen-bond acceptors (Lipinski definition) is 2. The van der Waals surface area contributed by atoms with E-state index in [1.807, 2.05) is 0 Å². The summed E-state index contributed by atoms with van der Waals surface area (Å²) in [5.41, 5.74) is 0.459. The van der Waals surface area contributed by atoms with Crippen LogP contribution in [-0.2, 0) is 4.79 Å². The smallest absolute Gasteiger partial charge is 0.231 e. The quantitative estimate of drug-likeness (QED) is 0.533. The lowest BCUT2D eigenvalue weighted by Gasteiger charge is -2.23. The van der Waals surface area contributed by atoms with E-state index in [0.717, 1.165) is 11.8 Å². The number of carbonyl (C=O) groups is 1. The zero-order chi connectivity index (χ0) is 9.42. The van der Waals surface area contributed by atoms with Gasteiger partial charge in [0.1, 0.15) is 0 Å². The average Bonchev–Trinajstić information content (AvgIpc) is 2.64. The maximum absolute atomic E-state index is 10.8. The fourth-order valence-electron chi connectivity index (χ4n) is 2.71. The van der Waals surface area contributed by atoms with Crippen LogP contribution in [0.25, 0.3) is 0 Å². The minimum Gasteiger partial charge on any atom is -0.379 e. The van der Waals surface area contributed by atoms with E-state index < -0.39 is 0 Å². The fraction of sp³-hybridized carbons (Fsp3) is 0.700. The van der Waals surface area contributed by atoms with E-state index >= 15 is 0 Å². The lowest BCUT2D eigenvalue weighted by molar-refractivity contribution is -0.108. The minimum absolute atomic E-state index is 0.234. The van der Waals surface area contributed by atoms with Gasteiger partial charge in [-0.1, -0.05) is 25.6 Å². The molecule has 2 rings (SSSR count). The van der Waals surface area contributed by atoms with Crippen molar-refractivity contribution in [3.8, 4) is 0 Å². The molecule has 0 aromatic rings. The van der Waals surface area contributed by atoms with Crippen molar-refractivity contribution in [1.82, 2.24) is 5.32 Å². The van der Waals surface area contributed by atoms with Gasteiger partial charge in [-0.05, 0) is 31.1 Å². The van der Waals surface area contributed by atoms with E-state index in [2.05, 4.69) is 24.5 Å². The second kappa shape index (κ2) is 3.37. The Bertz CT molecular complexity index is 251. The zero-order valence-electron chi connectivity index (χ0n) is 7.62. The molecule has 0 aromatic heterocycles. The van der Waals surface area contributed by atoms with Crippen LogP contribution in [0, 0.1) is 11.8 Å². The van der Waals surface area contributed by atoms with Gasteiger partial charge in [-0.25, -0.2) is 0 Å². The standard InChI is InChI=1S/C10H15NOS/c1-6(10(12)13)11-9-5-7-2-3-8(9)4-7/h7-9,11H,1-5H2,(H,12,13). The third-order valence-electron chi connectivity index (χ3n) is 3.36. The molecule has 0 saturated heterocycles. The van der Waals surface area contributed by atoms with Gasteiger partial charge in [0.25, 0.3) is 0 Å². The lowest BCUT2D eigenvalue weighted by Crippen LogP contribution is -2.34. The molecule has 1 N–H and O–H groups in total. The second-order valence-electron chi connectivity index (χ2n) is 4.21. The molecule has 2 bridgehead atoms. The number of carbonyl (C=O) groups excluding carboxylic acids is 1. The Kier molecular flexibility index (Phi) is 2.37. The van der Waals surface area contributed by atoms with E-state index in [4.69, 9.17) is 0 Å². The van der Waals surface area contributed by atoms with E-state index in [1.54, 1.807) is 0 Å². The summed E-state index contributed by atoms with van der Waals surface area (Å²) in [6, 6.07) is 0.488. The first-order chi connectivity index (χ1) is 6.16. The van der Waals surface area contributed by atoms with Gasteiger partial charge in [-0.15, -0.1) is 0 Å². The molecule has 3 heteroatoms. The Morgan fingerprint density at radius 1 is 1.38 bits per heavy atom. The van der Waals surface area contributed by atoms with Crippen LogP contribution >= 0.6 is 12.6 Å². The molecule has 0 amide bonds. The molecule has 2 aliphatic carbocycles. The van der Waals surface area contributed by atoms with Crippen molar-refractivity contribution in [2.45, 2.75) is 31.7 Å². The molecule has 0 radical (unpaired) electrons. The molecule has 72 valence electrons. The van der Waals surface area contributed by atoms with Crippen molar-refractivity contribution >= 4 is 17.7 Å². The molecule has 0 aliphatic heterocycles. The van der Waals surface area contributed by atoms with Crippen molar-refractivity contribution in [3.05, 3.63) is 12.3 Å². The molecule has 2 nitrogen and oxygen atoms in total. The van der Waals surface area contributed by atoms with Gasteiger partial charge in [0.15, 0.2) is 0 Å². The van der Waals surface area contributed by atoms with Crippen LogP contribution < -0.4 is 5.32 Å². The first kappa shape index (κ1) is 9.13. The largest absolute Gasteiger partial charge is 0.379 e. The van der Waals surface area contributed by atoms with Crippen molar-refractivity contribution in [2.75, 3.05) is 0 Å². The fourth-order valence-corrected chi connectivity index (χ4v) is 2.77. The molecule has 3 atom stereocenters. The summed E-state index contributed by atoms with van der Waals surface area (Å²) >= 11 is 3.73. The molecule has 0 spiro atoms. The molecule has 2 fully saturated rings. The Labute approximate surface area is 84.2 Å². The van der Waals surface area contributed by atoms with Crippen LogP contribution in [0.2, 0.25) is 0 Å². The Hall–Kier alpha value is -0.440. The van der Waals surface area contributed by atoms with Crippen LogP contribution in [0.5, 0.6) is 0 Å². The van der Waals surface area contributed by atoms with E-state index in [9.17, 15) is 4.79 Å². The molecule has 0 heterocycles. The summed E-state index contributed by atoms with van der Waals surface area (Å²) < 4.78 is 0. The summed E-state index contributed by atoms with van der Waals surface area (Å²) in [4.78, 5) is 10.8. The van der Waals surface area contributed by atoms with Gasteiger partial charge in [-0.2, -0.15) is 0 Å². The molecule has 2 saturated carbocycles. The second-order valence-corrected chi connectivity index (χ2v) is 4.62. The Balaban J connectivity index is 1.90. The van der Waals surface area contributed by atoms with Crippen molar-refractivity contribution in [3.63, 3.8) is 0 Å². The lowest BCUT2D eigenvalue weighted by atomic mass is 9.95. The van der Waals surface area contributed by atoms with Crippen molar-refractivity contribution in [1.29, 1.82) is 0 Å². The first-order valence-electron chi connectivity index (χ1n) is 4.85. The predicted molar refractivity (Wildman–Crippen MR) is 55.5 cm³/mol. The number of thiol groups is 1. The van der Waals surface area contributed by atoms with Crippen LogP contribution in [0.1, 0.15) is 25.7 Å². The highest BCUT2D eigenvalue weighted by Crippen LogP contribution is 2.44. The van der Waals surface area contributed by atoms with Gasteiger partial charge < -0.3 is 5.32 Å². The summed E-state index contributed by atoms with van der Waals surface area (Å²) in [5, 5.41) is 2.96. The number of hydrogen-bond donors (Lipinski definition) is 2. The van der Waals surface area contributed by atoms with Gasteiger partial charge in [-0.3, -0.25) is 4.79 Å². The van der Waals surface area contributed by atoms with Crippen LogP contribution in [0.15, 0.2) is 12.3 Å². The van der Waals surface area contributed by atoms with Crippen LogP contribution in [0.4, 0.5) is 0 Å². The number of fused-ring (bicyclic) bond motifs is 2. The molecule has 0 aromatic carbocycles. The Morgan fingerprint density at radius 2 is 2.15 bits per heavy atom. The molecule has 13 heavy (non-hydrogen) atoms. The third-order valence-corrected chi connectivity index (χ3v) is 3.63. The summed E-state index contributed by atoms with van der Waals surface area (Å²) in [6.07, 6.45) is 5.25. The van der Waals surface area contributed by atoms with E-state index in [0.29, 0.717) is 11.7 Å². The zero-order valence-corrected chi connectivity index (χ0v) is 8.52. The maximum atomic E-state index is 10.8. The van der Waals surface area contributed by atoms with Gasteiger partial charge >= 0.3 is 0 Å². The average molecular weight is 197 g/mol. The van der Waals surface area contributed by atoms with Gasteiger partial charge in [0.05, 0.1) is 5.70 Å². The molecule has 2 aliphatic rings. The Morgan fingerprint density at radius 3 is 2.62 bits per heavy atom. The number of nitrogens with one attached hydrogen (secondary N) is 1. The summed E-state index contributed by atoms with van der Waals surface area (Å²) in [6.45, 7) is 3.66.